The van der Waals surface area contributed by atoms with E-state index in [1.165, 1.54) is 26.4 Å². The Morgan fingerprint density at radius 1 is 1.07 bits per heavy atom. The number of fused-ring (bicyclic) bond motifs is 1. The fraction of sp³-hybridized carbons (Fsp3) is 0.409. The van der Waals surface area contributed by atoms with Crippen molar-refractivity contribution in [2.45, 2.75) is 25.9 Å². The Labute approximate surface area is 163 Å². The lowest BCUT2D eigenvalue weighted by Crippen LogP contribution is -2.36. The van der Waals surface area contributed by atoms with Crippen LogP contribution in [0.4, 0.5) is 5.69 Å². The third-order valence-electron chi connectivity index (χ3n) is 5.50. The lowest BCUT2D eigenvalue weighted by atomic mass is 10.1. The first kappa shape index (κ1) is 17.2. The van der Waals surface area contributed by atoms with Crippen LogP contribution in [0, 0.1) is 6.92 Å². The zero-order valence-corrected chi connectivity index (χ0v) is 16.4. The first-order valence-corrected chi connectivity index (χ1v) is 10.6. The van der Waals surface area contributed by atoms with Crippen LogP contribution in [-0.4, -0.2) is 37.9 Å². The first-order valence-electron chi connectivity index (χ1n) is 9.74. The SMILES string of the molecule is Cc1cc(-c2ccc(C3CCCO3)s2)nc2ccc(N3CCOCC3)cc12. The second-order valence-electron chi connectivity index (χ2n) is 7.33. The summed E-state index contributed by atoms with van der Waals surface area (Å²) in [6.45, 7) is 6.59. The Morgan fingerprint density at radius 2 is 1.96 bits per heavy atom. The third-order valence-corrected chi connectivity index (χ3v) is 6.70. The lowest BCUT2D eigenvalue weighted by Gasteiger charge is -2.29. The van der Waals surface area contributed by atoms with Crippen molar-refractivity contribution < 1.29 is 9.47 Å². The van der Waals surface area contributed by atoms with Crippen LogP contribution in [0.1, 0.15) is 29.4 Å². The van der Waals surface area contributed by atoms with Crippen LogP contribution in [-0.2, 0) is 9.47 Å². The van der Waals surface area contributed by atoms with Gasteiger partial charge in [0.1, 0.15) is 0 Å². The molecule has 1 unspecified atom stereocenters. The maximum atomic E-state index is 5.83. The number of pyridine rings is 1. The number of thiophene rings is 1. The van der Waals surface area contributed by atoms with Crippen LogP contribution in [0.15, 0.2) is 36.4 Å². The van der Waals surface area contributed by atoms with Gasteiger partial charge < -0.3 is 14.4 Å². The van der Waals surface area contributed by atoms with Crippen molar-refractivity contribution in [3.05, 3.63) is 46.8 Å². The van der Waals surface area contributed by atoms with E-state index in [1.807, 2.05) is 11.3 Å². The van der Waals surface area contributed by atoms with E-state index in [1.54, 1.807) is 0 Å². The molecule has 0 saturated carbocycles. The van der Waals surface area contributed by atoms with E-state index in [9.17, 15) is 0 Å². The van der Waals surface area contributed by atoms with Gasteiger partial charge in [0, 0.05) is 35.6 Å². The summed E-state index contributed by atoms with van der Waals surface area (Å²) in [6, 6.07) is 13.2. The molecule has 4 heterocycles. The summed E-state index contributed by atoms with van der Waals surface area (Å²) in [6.07, 6.45) is 2.58. The Hall–Kier alpha value is -1.95. The zero-order chi connectivity index (χ0) is 18.2. The number of rotatable bonds is 3. The molecule has 0 aliphatic carbocycles. The number of hydrogen-bond acceptors (Lipinski definition) is 5. The van der Waals surface area contributed by atoms with Crippen LogP contribution in [0.3, 0.4) is 0 Å². The predicted molar refractivity (Wildman–Crippen MR) is 111 cm³/mol. The minimum Gasteiger partial charge on any atom is -0.378 e. The minimum atomic E-state index is 0.279. The molecule has 1 aromatic carbocycles. The first-order chi connectivity index (χ1) is 13.3. The topological polar surface area (TPSA) is 34.6 Å². The molecule has 4 nitrogen and oxygen atoms in total. The molecule has 0 amide bonds. The molecular formula is C22H24N2O2S. The van der Waals surface area contributed by atoms with Gasteiger partial charge in [-0.25, -0.2) is 4.98 Å². The maximum Gasteiger partial charge on any atom is 0.0917 e. The second-order valence-corrected chi connectivity index (χ2v) is 8.44. The number of aromatic nitrogens is 1. The van der Waals surface area contributed by atoms with Gasteiger partial charge >= 0.3 is 0 Å². The van der Waals surface area contributed by atoms with Crippen LogP contribution in [0.25, 0.3) is 21.5 Å². The number of anilines is 1. The Balaban J connectivity index is 1.47. The summed E-state index contributed by atoms with van der Waals surface area (Å²) in [5.74, 6) is 0. The van der Waals surface area contributed by atoms with Gasteiger partial charge in [0.2, 0.25) is 0 Å². The summed E-state index contributed by atoms with van der Waals surface area (Å²) >= 11 is 1.82. The maximum absolute atomic E-state index is 5.83. The van der Waals surface area contributed by atoms with E-state index in [-0.39, 0.29) is 6.10 Å². The van der Waals surface area contributed by atoms with E-state index in [4.69, 9.17) is 14.5 Å². The molecule has 2 aliphatic heterocycles. The normalized spacial score (nSPS) is 20.5. The molecule has 140 valence electrons. The number of hydrogen-bond donors (Lipinski definition) is 0. The van der Waals surface area contributed by atoms with E-state index < -0.39 is 0 Å². The Morgan fingerprint density at radius 3 is 2.78 bits per heavy atom. The van der Waals surface area contributed by atoms with Gasteiger partial charge in [-0.3, -0.25) is 0 Å². The van der Waals surface area contributed by atoms with Crippen LogP contribution in [0.2, 0.25) is 0 Å². The van der Waals surface area contributed by atoms with Gasteiger partial charge in [0.25, 0.3) is 0 Å². The average Bonchev–Trinajstić information content (AvgIpc) is 3.40. The summed E-state index contributed by atoms with van der Waals surface area (Å²) < 4.78 is 11.3. The van der Waals surface area contributed by atoms with Crippen molar-refractivity contribution in [1.82, 2.24) is 4.98 Å². The quantitative estimate of drug-likeness (QED) is 0.643. The summed E-state index contributed by atoms with van der Waals surface area (Å²) in [5.41, 5.74) is 4.67. The number of aryl methyl sites for hydroxylation is 1. The van der Waals surface area contributed by atoms with Gasteiger partial charge in [-0.05, 0) is 61.7 Å². The predicted octanol–water partition coefficient (Wildman–Crippen LogP) is 4.96. The van der Waals surface area contributed by atoms with Gasteiger partial charge in [0.15, 0.2) is 0 Å². The fourth-order valence-corrected chi connectivity index (χ4v) is 5.04. The molecule has 1 atom stereocenters. The lowest BCUT2D eigenvalue weighted by molar-refractivity contribution is 0.114. The van der Waals surface area contributed by atoms with Crippen LogP contribution >= 0.6 is 11.3 Å². The standard InChI is InChI=1S/C22H24N2O2S/c1-15-13-19(21-6-7-22(27-21)20-3-2-10-26-20)23-18-5-4-16(14-17(15)18)24-8-11-25-12-9-24/h4-7,13-14,20H,2-3,8-12H2,1H3. The highest BCUT2D eigenvalue weighted by Crippen LogP contribution is 2.37. The molecule has 3 aromatic rings. The van der Waals surface area contributed by atoms with Crippen LogP contribution < -0.4 is 4.90 Å². The highest BCUT2D eigenvalue weighted by molar-refractivity contribution is 7.15. The van der Waals surface area contributed by atoms with Gasteiger partial charge in [-0.2, -0.15) is 0 Å². The van der Waals surface area contributed by atoms with Crippen molar-refractivity contribution in [2.75, 3.05) is 37.8 Å². The molecule has 2 saturated heterocycles. The van der Waals surface area contributed by atoms with E-state index >= 15 is 0 Å². The molecule has 2 aliphatic rings. The van der Waals surface area contributed by atoms with Crippen molar-refractivity contribution in [1.29, 1.82) is 0 Å². The monoisotopic (exact) mass is 380 g/mol. The number of morpholine rings is 1. The molecular weight excluding hydrogens is 356 g/mol. The highest BCUT2D eigenvalue weighted by atomic mass is 32.1. The zero-order valence-electron chi connectivity index (χ0n) is 15.6. The largest absolute Gasteiger partial charge is 0.378 e. The molecule has 0 N–H and O–H groups in total. The van der Waals surface area contributed by atoms with E-state index in [2.05, 4.69) is 48.2 Å². The number of nitrogens with zero attached hydrogens (tertiary/aromatic N) is 2. The van der Waals surface area contributed by atoms with Crippen molar-refractivity contribution in [2.24, 2.45) is 0 Å². The fourth-order valence-electron chi connectivity index (χ4n) is 3.99. The highest BCUT2D eigenvalue weighted by Gasteiger charge is 2.20. The molecule has 5 heteroatoms. The number of benzene rings is 1. The van der Waals surface area contributed by atoms with E-state index in [0.717, 1.165) is 57.0 Å². The Kier molecular flexibility index (Phi) is 4.60. The number of ether oxygens (including phenoxy) is 2. The van der Waals surface area contributed by atoms with E-state index in [0.29, 0.717) is 0 Å². The third kappa shape index (κ3) is 3.35. The van der Waals surface area contributed by atoms with Crippen molar-refractivity contribution in [3.8, 4) is 10.6 Å². The van der Waals surface area contributed by atoms with Crippen molar-refractivity contribution in [3.63, 3.8) is 0 Å². The minimum absolute atomic E-state index is 0.279. The molecule has 0 radical (unpaired) electrons. The second kappa shape index (κ2) is 7.23. The summed E-state index contributed by atoms with van der Waals surface area (Å²) in [4.78, 5) is 9.90. The van der Waals surface area contributed by atoms with Crippen molar-refractivity contribution >= 4 is 27.9 Å². The summed E-state index contributed by atoms with van der Waals surface area (Å²) in [7, 11) is 0. The Bertz CT molecular complexity index is 956. The molecule has 2 fully saturated rings. The van der Waals surface area contributed by atoms with Gasteiger partial charge in [0.05, 0.1) is 35.4 Å². The summed E-state index contributed by atoms with van der Waals surface area (Å²) in [5, 5.41) is 1.23. The van der Waals surface area contributed by atoms with Crippen LogP contribution in [0.5, 0.6) is 0 Å². The molecule has 0 bridgehead atoms. The smallest absolute Gasteiger partial charge is 0.0917 e. The van der Waals surface area contributed by atoms with Gasteiger partial charge in [-0.15, -0.1) is 11.3 Å². The van der Waals surface area contributed by atoms with Gasteiger partial charge in [-0.1, -0.05) is 0 Å². The molecule has 2 aromatic heterocycles. The molecule has 0 spiro atoms. The molecule has 27 heavy (non-hydrogen) atoms. The average molecular weight is 381 g/mol. The molecule has 5 rings (SSSR count).